The number of likely N-dealkylation sites (tertiary alicyclic amines) is 1. The minimum atomic E-state index is -0.423. The molecule has 0 radical (unpaired) electrons. The van der Waals surface area contributed by atoms with Gasteiger partial charge in [-0.15, -0.1) is 0 Å². The first-order valence-electron chi connectivity index (χ1n) is 10.6. The molecule has 160 valence electrons. The molecule has 0 aliphatic carbocycles. The van der Waals surface area contributed by atoms with Crippen LogP contribution in [0.25, 0.3) is 0 Å². The monoisotopic (exact) mass is 427 g/mol. The van der Waals surface area contributed by atoms with Crippen LogP contribution in [0, 0.1) is 6.92 Å². The summed E-state index contributed by atoms with van der Waals surface area (Å²) >= 11 is 6.24. The Balaban J connectivity index is 1.51. The lowest BCUT2D eigenvalue weighted by Crippen LogP contribution is -2.45. The second-order valence-electron chi connectivity index (χ2n) is 7.73. The number of carbonyl (C=O) groups is 2. The smallest absolute Gasteiger partial charge is 0.242 e. The van der Waals surface area contributed by atoms with Gasteiger partial charge < -0.3 is 15.1 Å². The molecule has 0 unspecified atom stereocenters. The summed E-state index contributed by atoms with van der Waals surface area (Å²) in [5, 5.41) is 3.64. The summed E-state index contributed by atoms with van der Waals surface area (Å²) in [6.45, 7) is 6.97. The van der Waals surface area contributed by atoms with Crippen LogP contribution in [0.5, 0.6) is 0 Å². The van der Waals surface area contributed by atoms with Gasteiger partial charge in [0.25, 0.3) is 0 Å². The number of nitrogens with one attached hydrogen (secondary N) is 1. The van der Waals surface area contributed by atoms with Crippen LogP contribution in [-0.4, -0.2) is 42.4 Å². The summed E-state index contributed by atoms with van der Waals surface area (Å²) in [6, 6.07) is 15.5. The molecule has 0 bridgehead atoms. The molecule has 2 aromatic rings. The number of aryl methyl sites for hydroxylation is 1. The highest BCUT2D eigenvalue weighted by Gasteiger charge is 2.35. The summed E-state index contributed by atoms with van der Waals surface area (Å²) in [5.41, 5.74) is 3.31. The van der Waals surface area contributed by atoms with Crippen molar-refractivity contribution in [1.82, 2.24) is 10.2 Å². The van der Waals surface area contributed by atoms with Crippen molar-refractivity contribution in [2.24, 2.45) is 0 Å². The third kappa shape index (κ3) is 5.54. The molecular weight excluding hydrogens is 398 g/mol. The number of halogens is 1. The number of hydrogen-bond acceptors (Lipinski definition) is 3. The van der Waals surface area contributed by atoms with E-state index in [0.29, 0.717) is 31.0 Å². The molecule has 1 heterocycles. The average Bonchev–Trinajstić information content (AvgIpc) is 3.10. The molecule has 5 nitrogen and oxygen atoms in total. The van der Waals surface area contributed by atoms with E-state index in [1.807, 2.05) is 18.2 Å². The van der Waals surface area contributed by atoms with E-state index in [-0.39, 0.29) is 11.8 Å². The molecule has 2 amide bonds. The van der Waals surface area contributed by atoms with Crippen LogP contribution in [-0.2, 0) is 16.1 Å². The number of amides is 2. The molecule has 0 spiro atoms. The molecule has 1 aliphatic heterocycles. The highest BCUT2D eigenvalue weighted by Crippen LogP contribution is 2.25. The van der Waals surface area contributed by atoms with Crippen LogP contribution in [0.3, 0.4) is 0 Å². The van der Waals surface area contributed by atoms with Gasteiger partial charge >= 0.3 is 0 Å². The Labute approximate surface area is 184 Å². The Morgan fingerprint density at radius 2 is 2.03 bits per heavy atom. The van der Waals surface area contributed by atoms with Crippen molar-refractivity contribution in [3.63, 3.8) is 0 Å². The number of rotatable bonds is 9. The van der Waals surface area contributed by atoms with Gasteiger partial charge in [0, 0.05) is 43.3 Å². The van der Waals surface area contributed by atoms with Crippen molar-refractivity contribution >= 4 is 29.1 Å². The predicted octanol–water partition coefficient (Wildman–Crippen LogP) is 4.17. The first-order chi connectivity index (χ1) is 14.5. The van der Waals surface area contributed by atoms with E-state index in [1.54, 1.807) is 11.0 Å². The fraction of sp³-hybridized carbons (Fsp3) is 0.417. The van der Waals surface area contributed by atoms with Gasteiger partial charge in [0.05, 0.1) is 0 Å². The number of benzene rings is 2. The van der Waals surface area contributed by atoms with Gasteiger partial charge in [-0.3, -0.25) is 9.59 Å². The Bertz CT molecular complexity index is 886. The van der Waals surface area contributed by atoms with Crippen LogP contribution >= 0.6 is 11.6 Å². The van der Waals surface area contributed by atoms with Crippen molar-refractivity contribution in [2.75, 3.05) is 24.5 Å². The molecule has 0 aromatic heterocycles. The lowest BCUT2D eigenvalue weighted by Gasteiger charge is -2.26. The predicted molar refractivity (Wildman–Crippen MR) is 122 cm³/mol. The largest absolute Gasteiger partial charge is 0.372 e. The second-order valence-corrected chi connectivity index (χ2v) is 8.14. The van der Waals surface area contributed by atoms with E-state index in [2.05, 4.69) is 48.3 Å². The van der Waals surface area contributed by atoms with E-state index >= 15 is 0 Å². The summed E-state index contributed by atoms with van der Waals surface area (Å²) in [5.74, 6) is -0.0711. The van der Waals surface area contributed by atoms with Crippen molar-refractivity contribution < 1.29 is 9.59 Å². The van der Waals surface area contributed by atoms with Gasteiger partial charge in [0.2, 0.25) is 11.8 Å². The van der Waals surface area contributed by atoms with Crippen molar-refractivity contribution in [3.05, 3.63) is 64.7 Å². The average molecular weight is 428 g/mol. The lowest BCUT2D eigenvalue weighted by molar-refractivity contribution is -0.135. The third-order valence-corrected chi connectivity index (χ3v) is 5.95. The fourth-order valence-electron chi connectivity index (χ4n) is 3.91. The SMILES string of the molecule is CCN(CCCNC(=O)[C@H]1CCC(=O)N1Cc1ccccc1Cl)c1cccc(C)c1. The molecule has 1 atom stereocenters. The highest BCUT2D eigenvalue weighted by molar-refractivity contribution is 6.31. The van der Waals surface area contributed by atoms with Gasteiger partial charge in [0.15, 0.2) is 0 Å². The van der Waals surface area contributed by atoms with E-state index in [1.165, 1.54) is 11.3 Å². The lowest BCUT2D eigenvalue weighted by atomic mass is 10.1. The molecule has 6 heteroatoms. The fourth-order valence-corrected chi connectivity index (χ4v) is 4.10. The molecule has 0 saturated carbocycles. The number of anilines is 1. The minimum Gasteiger partial charge on any atom is -0.372 e. The van der Waals surface area contributed by atoms with E-state index in [4.69, 9.17) is 11.6 Å². The standard InChI is InChI=1S/C24H30ClN3O2/c1-3-27(20-10-6-8-18(2)16-20)15-7-14-26-24(30)22-12-13-23(29)28(22)17-19-9-4-5-11-21(19)25/h4-6,8-11,16,22H,3,7,12-15,17H2,1-2H3,(H,26,30)/t22-/m1/s1. The second kappa shape index (κ2) is 10.5. The maximum Gasteiger partial charge on any atom is 0.242 e. The number of nitrogens with zero attached hydrogens (tertiary/aromatic N) is 2. The van der Waals surface area contributed by atoms with Crippen LogP contribution < -0.4 is 10.2 Å². The van der Waals surface area contributed by atoms with E-state index in [9.17, 15) is 9.59 Å². The molecule has 2 aromatic carbocycles. The quantitative estimate of drug-likeness (QED) is 0.611. The molecule has 1 fully saturated rings. The zero-order chi connectivity index (χ0) is 21.5. The normalized spacial score (nSPS) is 16.0. The first-order valence-corrected chi connectivity index (χ1v) is 11.0. The summed E-state index contributed by atoms with van der Waals surface area (Å²) in [6.07, 6.45) is 1.80. The Morgan fingerprint density at radius 1 is 1.23 bits per heavy atom. The topological polar surface area (TPSA) is 52.7 Å². The van der Waals surface area contributed by atoms with Gasteiger partial charge in [-0.05, 0) is 56.0 Å². The van der Waals surface area contributed by atoms with Crippen LogP contribution in [0.4, 0.5) is 5.69 Å². The molecule has 1 N–H and O–H groups in total. The highest BCUT2D eigenvalue weighted by atomic mass is 35.5. The summed E-state index contributed by atoms with van der Waals surface area (Å²) in [4.78, 5) is 29.1. The van der Waals surface area contributed by atoms with Crippen molar-refractivity contribution in [1.29, 1.82) is 0 Å². The molecule has 3 rings (SSSR count). The van der Waals surface area contributed by atoms with E-state index in [0.717, 1.165) is 25.1 Å². The Kier molecular flexibility index (Phi) is 7.75. The summed E-state index contributed by atoms with van der Waals surface area (Å²) in [7, 11) is 0. The zero-order valence-corrected chi connectivity index (χ0v) is 18.5. The van der Waals surface area contributed by atoms with Gasteiger partial charge in [-0.1, -0.05) is 41.9 Å². The van der Waals surface area contributed by atoms with E-state index < -0.39 is 6.04 Å². The minimum absolute atomic E-state index is 0.00618. The Hall–Kier alpha value is -2.53. The maximum atomic E-state index is 12.8. The van der Waals surface area contributed by atoms with Gasteiger partial charge in [-0.25, -0.2) is 0 Å². The van der Waals surface area contributed by atoms with Gasteiger partial charge in [0.1, 0.15) is 6.04 Å². The summed E-state index contributed by atoms with van der Waals surface area (Å²) < 4.78 is 0. The molecule has 30 heavy (non-hydrogen) atoms. The maximum absolute atomic E-state index is 12.8. The molecule has 1 aliphatic rings. The number of hydrogen-bond donors (Lipinski definition) is 1. The van der Waals surface area contributed by atoms with Crippen molar-refractivity contribution in [2.45, 2.75) is 45.7 Å². The molecule has 1 saturated heterocycles. The van der Waals surface area contributed by atoms with Crippen LogP contribution in [0.15, 0.2) is 48.5 Å². The third-order valence-electron chi connectivity index (χ3n) is 5.58. The van der Waals surface area contributed by atoms with Crippen molar-refractivity contribution in [3.8, 4) is 0 Å². The number of carbonyl (C=O) groups excluding carboxylic acids is 2. The van der Waals surface area contributed by atoms with Crippen LogP contribution in [0.1, 0.15) is 37.3 Å². The molecular formula is C24H30ClN3O2. The zero-order valence-electron chi connectivity index (χ0n) is 17.7. The first kappa shape index (κ1) is 22.2. The van der Waals surface area contributed by atoms with Crippen LogP contribution in [0.2, 0.25) is 5.02 Å². The Morgan fingerprint density at radius 3 is 2.77 bits per heavy atom. The van der Waals surface area contributed by atoms with Gasteiger partial charge in [-0.2, -0.15) is 0 Å².